The molecule has 0 aliphatic rings. The van der Waals surface area contributed by atoms with Gasteiger partial charge >= 0.3 is 0 Å². The van der Waals surface area contributed by atoms with Crippen molar-refractivity contribution >= 4 is 61.2 Å². The highest BCUT2D eigenvalue weighted by molar-refractivity contribution is 5.75. The van der Waals surface area contributed by atoms with Crippen molar-refractivity contribution < 1.29 is 0 Å². The molecule has 0 saturated heterocycles. The van der Waals surface area contributed by atoms with E-state index in [1.165, 1.54) is 11.3 Å². The fourth-order valence-corrected chi connectivity index (χ4v) is 10.7. The van der Waals surface area contributed by atoms with Crippen molar-refractivity contribution in [3.8, 4) is 0 Å². The van der Waals surface area contributed by atoms with E-state index >= 15 is 0 Å². The lowest BCUT2D eigenvalue weighted by Gasteiger charge is -2.14. The fraction of sp³-hybridized carbons (Fsp3) is 0.514. The second kappa shape index (κ2) is 32.5. The standard InChI is InChI=1S/C13H19N3.C13H17N3.C12H18N4.2C12H16N4.C12H17N3/c1-8(2)12-13(9(3)4)15-11-7-16(5)6-10(11)14-12;1-8(2)12-13(9(3)4)16-11-7-14-6-5-10(11)15-12;1-7(2)10-11(8(3)4)15-12-9(14-10)6-13-16(12)5;1-7(2)9-10(8(3)4)16-12-11(15-9)13-5-6-14-12;1-7(2)10-11(8(3)4)15-12-9(14-10)5-6-13-16-12;1-8(2)11-5-10-6-13-7-15(10)14-12(11)9(3)4/h6-9H,1-5H3;5-9H,1-4H3;6-8H,1-5H3;2*5-8H,1-4H3;5-9H,1-4H3. The van der Waals surface area contributed by atoms with Crippen LogP contribution in [0.1, 0.15) is 305 Å². The van der Waals surface area contributed by atoms with Gasteiger partial charge in [0.25, 0.3) is 0 Å². The summed E-state index contributed by atoms with van der Waals surface area (Å²) < 4.78 is 5.64. The van der Waals surface area contributed by atoms with Gasteiger partial charge in [-0.3, -0.25) is 4.98 Å². The monoisotopic (exact) mass is 1290 g/mol. The first-order valence-corrected chi connectivity index (χ1v) is 33.8. The summed E-state index contributed by atoms with van der Waals surface area (Å²) in [5.74, 6) is 4.86. The average Bonchev–Trinajstić information content (AvgIpc) is 1.78. The molecule has 0 aliphatic heterocycles. The van der Waals surface area contributed by atoms with Gasteiger partial charge in [0.15, 0.2) is 16.9 Å². The van der Waals surface area contributed by atoms with Gasteiger partial charge in [-0.2, -0.15) is 15.3 Å². The van der Waals surface area contributed by atoms with Crippen molar-refractivity contribution in [2.75, 3.05) is 0 Å². The molecule has 12 aromatic heterocycles. The minimum absolute atomic E-state index is 0.358. The number of rotatable bonds is 12. The van der Waals surface area contributed by atoms with E-state index in [2.05, 4.69) is 242 Å². The molecule has 12 heterocycles. The molecule has 0 bridgehead atoms. The van der Waals surface area contributed by atoms with Crippen LogP contribution in [0.15, 0.2) is 80.3 Å². The second-order valence-corrected chi connectivity index (χ2v) is 28.1. The predicted molar refractivity (Wildman–Crippen MR) is 384 cm³/mol. The van der Waals surface area contributed by atoms with Crippen LogP contribution in [0.5, 0.6) is 0 Å². The Morgan fingerprint density at radius 2 is 0.716 bits per heavy atom. The zero-order valence-corrected chi connectivity index (χ0v) is 61.3. The zero-order chi connectivity index (χ0) is 69.9. The first-order chi connectivity index (χ1) is 44.9. The molecule has 12 rings (SSSR count). The molecular formula is C74H103N21. The number of hydrogen-bond acceptors (Lipinski definition) is 18. The molecule has 0 aliphatic carbocycles. The number of pyridine rings is 1. The summed E-state index contributed by atoms with van der Waals surface area (Å²) >= 11 is 0. The number of nitrogens with zero attached hydrogens (tertiary/aromatic N) is 21. The van der Waals surface area contributed by atoms with Crippen molar-refractivity contribution in [1.82, 2.24) is 104 Å². The highest BCUT2D eigenvalue weighted by Gasteiger charge is 2.21. The van der Waals surface area contributed by atoms with Crippen LogP contribution in [-0.4, -0.2) is 104 Å². The summed E-state index contributed by atoms with van der Waals surface area (Å²) in [4.78, 5) is 63.1. The summed E-state index contributed by atoms with van der Waals surface area (Å²) in [6.07, 6.45) is 17.9. The topological polar surface area (TPSA) is 246 Å². The lowest BCUT2D eigenvalue weighted by molar-refractivity contribution is 0.715. The van der Waals surface area contributed by atoms with Gasteiger partial charge in [0.1, 0.15) is 33.9 Å². The van der Waals surface area contributed by atoms with E-state index in [-0.39, 0.29) is 0 Å². The van der Waals surface area contributed by atoms with Crippen molar-refractivity contribution in [2.45, 2.75) is 237 Å². The smallest absolute Gasteiger partial charge is 0.200 e. The second-order valence-electron chi connectivity index (χ2n) is 28.1. The van der Waals surface area contributed by atoms with Gasteiger partial charge in [0.2, 0.25) is 5.65 Å². The Balaban J connectivity index is 0.000000161. The van der Waals surface area contributed by atoms with Crippen LogP contribution >= 0.6 is 0 Å². The zero-order valence-electron chi connectivity index (χ0n) is 61.3. The Bertz CT molecular complexity index is 4000. The van der Waals surface area contributed by atoms with E-state index in [0.717, 1.165) is 101 Å². The largest absolute Gasteiger partial charge is 0.353 e. The van der Waals surface area contributed by atoms with Crippen LogP contribution < -0.4 is 0 Å². The van der Waals surface area contributed by atoms with Crippen molar-refractivity contribution in [1.29, 1.82) is 0 Å². The SMILES string of the molecule is CC(C)c1cc2cncn2nc1C(C)C.CC(C)c1nc2ccncc2nc1C(C)C.CC(C)c1nc2ccnnc2nc1C(C)C.CC(C)c1nc2cn(C)cc2nc1C(C)C.CC(C)c1nc2cnn(C)c2nc1C(C)C.CC(C)c1nc2nccnc2nc1C(C)C. The van der Waals surface area contributed by atoms with Crippen LogP contribution in [0.4, 0.5) is 0 Å². The van der Waals surface area contributed by atoms with E-state index in [1.807, 2.05) is 53.9 Å². The molecule has 504 valence electrons. The number of hydrogen-bond donors (Lipinski definition) is 0. The molecular weight excluding hydrogens is 1180 g/mol. The molecule has 0 unspecified atom stereocenters. The lowest BCUT2D eigenvalue weighted by atomic mass is 9.96. The van der Waals surface area contributed by atoms with E-state index in [4.69, 9.17) is 19.9 Å². The number of fused-ring (bicyclic) bond motifs is 6. The van der Waals surface area contributed by atoms with E-state index in [9.17, 15) is 0 Å². The van der Waals surface area contributed by atoms with Crippen LogP contribution in [0, 0.1) is 0 Å². The maximum atomic E-state index is 4.73. The molecule has 95 heavy (non-hydrogen) atoms. The third-order valence-electron chi connectivity index (χ3n) is 15.7. The highest BCUT2D eigenvalue weighted by atomic mass is 15.3. The van der Waals surface area contributed by atoms with E-state index in [0.29, 0.717) is 88.0 Å². The van der Waals surface area contributed by atoms with Crippen LogP contribution in [0.3, 0.4) is 0 Å². The molecule has 0 aromatic carbocycles. The van der Waals surface area contributed by atoms with Crippen molar-refractivity contribution in [3.63, 3.8) is 0 Å². The van der Waals surface area contributed by atoms with Crippen molar-refractivity contribution in [2.24, 2.45) is 14.1 Å². The summed E-state index contributed by atoms with van der Waals surface area (Å²) in [7, 11) is 3.91. The first kappa shape index (κ1) is 73.5. The molecule has 0 fully saturated rings. The Morgan fingerprint density at radius 3 is 1.17 bits per heavy atom. The molecule has 21 nitrogen and oxygen atoms in total. The normalized spacial score (nSPS) is 11.8. The van der Waals surface area contributed by atoms with Gasteiger partial charge in [0.05, 0.1) is 98.5 Å². The number of imidazole rings is 1. The van der Waals surface area contributed by atoms with Crippen LogP contribution in [-0.2, 0) is 14.1 Å². The highest BCUT2D eigenvalue weighted by Crippen LogP contribution is 2.31. The quantitative estimate of drug-likeness (QED) is 0.110. The summed E-state index contributed by atoms with van der Waals surface area (Å²) in [5, 5.41) is 16.6. The third kappa shape index (κ3) is 18.3. The van der Waals surface area contributed by atoms with Crippen molar-refractivity contribution in [3.05, 3.63) is 148 Å². The van der Waals surface area contributed by atoms with Gasteiger partial charge in [-0.25, -0.2) is 74.0 Å². The molecule has 0 saturated carbocycles. The fourth-order valence-electron chi connectivity index (χ4n) is 10.7. The van der Waals surface area contributed by atoms with E-state index < -0.39 is 0 Å². The molecule has 21 heteroatoms. The maximum Gasteiger partial charge on any atom is 0.200 e. The molecule has 0 spiro atoms. The minimum Gasteiger partial charge on any atom is -0.353 e. The summed E-state index contributed by atoms with van der Waals surface area (Å²) in [6, 6.07) is 5.96. The maximum absolute atomic E-state index is 4.73. The average molecular weight is 1290 g/mol. The minimum atomic E-state index is 0.358. The molecule has 0 radical (unpaired) electrons. The molecule has 12 aromatic rings. The Labute approximate surface area is 562 Å². The Morgan fingerprint density at radius 1 is 0.326 bits per heavy atom. The predicted octanol–water partition coefficient (Wildman–Crippen LogP) is 17.4. The number of aryl methyl sites for hydroxylation is 2. The van der Waals surface area contributed by atoms with Crippen LogP contribution in [0.25, 0.3) is 61.2 Å². The summed E-state index contributed by atoms with van der Waals surface area (Å²) in [6.45, 7) is 51.7. The Kier molecular flexibility index (Phi) is 25.2. The third-order valence-corrected chi connectivity index (χ3v) is 15.7. The van der Waals surface area contributed by atoms with Gasteiger partial charge in [-0.15, -0.1) is 5.10 Å². The number of aromatic nitrogens is 21. The molecule has 0 N–H and O–H groups in total. The van der Waals surface area contributed by atoms with Crippen LogP contribution in [0.2, 0.25) is 0 Å². The molecule has 0 amide bonds. The van der Waals surface area contributed by atoms with Gasteiger partial charge < -0.3 is 4.57 Å². The van der Waals surface area contributed by atoms with Gasteiger partial charge in [-0.05, 0) is 94.8 Å². The molecule has 0 atom stereocenters. The van der Waals surface area contributed by atoms with E-state index in [1.54, 1.807) is 48.2 Å². The van der Waals surface area contributed by atoms with Gasteiger partial charge in [-0.1, -0.05) is 166 Å². The Hall–Kier alpha value is -8.88. The lowest BCUT2D eigenvalue weighted by Crippen LogP contribution is -2.07. The van der Waals surface area contributed by atoms with Gasteiger partial charge in [0, 0.05) is 45.1 Å². The summed E-state index contributed by atoms with van der Waals surface area (Å²) in [5.41, 5.74) is 22.7. The first-order valence-electron chi connectivity index (χ1n) is 33.8.